The molecule has 0 spiro atoms. The minimum absolute atomic E-state index is 0.140. The lowest BCUT2D eigenvalue weighted by Crippen LogP contribution is -2.48. The van der Waals surface area contributed by atoms with Crippen LogP contribution in [-0.4, -0.2) is 127 Å². The number of aldehydes is 1. The molecule has 3 unspecified atom stereocenters. The molecule has 1 rings (SSSR count). The summed E-state index contributed by atoms with van der Waals surface area (Å²) in [7, 11) is 0. The molecule has 0 aromatic carbocycles. The van der Waals surface area contributed by atoms with Crippen molar-refractivity contribution in [1.82, 2.24) is 15.5 Å². The number of hydrogen-bond acceptors (Lipinski definition) is 11. The van der Waals surface area contributed by atoms with Crippen LogP contribution in [0.15, 0.2) is 0 Å². The van der Waals surface area contributed by atoms with E-state index in [0.717, 1.165) is 4.90 Å². The van der Waals surface area contributed by atoms with E-state index < -0.39 is 67.4 Å². The average molecular weight is 551 g/mol. The van der Waals surface area contributed by atoms with Gasteiger partial charge in [0.1, 0.15) is 18.9 Å². The minimum atomic E-state index is -0.935. The average Bonchev–Trinajstić information content (AvgIpc) is 2.83. The fourth-order valence-electron chi connectivity index (χ4n) is 3.29. The summed E-state index contributed by atoms with van der Waals surface area (Å²) in [6.45, 7) is 1.39. The molecule has 0 saturated carbocycles. The minimum Gasteiger partial charge on any atom is -0.390 e. The molecule has 1 fully saturated rings. The summed E-state index contributed by atoms with van der Waals surface area (Å²) in [4.78, 5) is 59.8. The highest BCUT2D eigenvalue weighted by molar-refractivity contribution is 7.98. The number of carbonyl (C=O) groups excluding carboxylic acids is 5. The quantitative estimate of drug-likeness (QED) is 0.0866. The first-order chi connectivity index (χ1) is 17.6. The lowest BCUT2D eigenvalue weighted by molar-refractivity contribution is -0.263. The molecule has 0 aromatic rings. The number of thioether (sulfide) groups is 1. The summed E-state index contributed by atoms with van der Waals surface area (Å²) in [5, 5.41) is 24.5. The van der Waals surface area contributed by atoms with E-state index in [1.54, 1.807) is 13.2 Å². The normalized spacial score (nSPS) is 22.1. The van der Waals surface area contributed by atoms with Crippen molar-refractivity contribution in [2.24, 2.45) is 5.73 Å². The van der Waals surface area contributed by atoms with Crippen molar-refractivity contribution in [1.29, 1.82) is 0 Å². The number of ether oxygens (including phenoxy) is 3. The van der Waals surface area contributed by atoms with Crippen LogP contribution in [0.1, 0.15) is 26.2 Å². The number of amides is 4. The predicted molar refractivity (Wildman–Crippen MR) is 132 cm³/mol. The second-order valence-electron chi connectivity index (χ2n) is 8.39. The molecule has 5 atom stereocenters. The Labute approximate surface area is 219 Å². The van der Waals surface area contributed by atoms with Gasteiger partial charge in [-0.15, -0.1) is 0 Å². The molecule has 0 aromatic heterocycles. The lowest BCUT2D eigenvalue weighted by atomic mass is 10.0. The van der Waals surface area contributed by atoms with Gasteiger partial charge in [-0.1, -0.05) is 0 Å². The van der Waals surface area contributed by atoms with Crippen LogP contribution in [0, 0.1) is 0 Å². The first kappa shape index (κ1) is 32.7. The molecule has 4 amide bonds. The maximum atomic E-state index is 12.4. The van der Waals surface area contributed by atoms with E-state index in [9.17, 15) is 34.2 Å². The highest BCUT2D eigenvalue weighted by Crippen LogP contribution is 2.20. The van der Waals surface area contributed by atoms with Crippen LogP contribution in [0.4, 0.5) is 0 Å². The van der Waals surface area contributed by atoms with Gasteiger partial charge < -0.3 is 50.5 Å². The third kappa shape index (κ3) is 13.7. The molecule has 1 saturated heterocycles. The molecule has 212 valence electrons. The number of nitrogens with two attached hydrogens (primary N) is 1. The first-order valence-corrected chi connectivity index (χ1v) is 13.2. The highest BCUT2D eigenvalue weighted by atomic mass is 32.2. The van der Waals surface area contributed by atoms with Crippen molar-refractivity contribution < 1.29 is 48.4 Å². The van der Waals surface area contributed by atoms with Crippen molar-refractivity contribution in [2.75, 3.05) is 51.5 Å². The van der Waals surface area contributed by atoms with Crippen molar-refractivity contribution >= 4 is 41.7 Å². The summed E-state index contributed by atoms with van der Waals surface area (Å²) >= 11 is 1.36. The van der Waals surface area contributed by atoms with Crippen LogP contribution >= 0.6 is 11.8 Å². The number of nitrogens with one attached hydrogen (secondary N) is 2. The van der Waals surface area contributed by atoms with Gasteiger partial charge in [0.25, 0.3) is 0 Å². The molecule has 1 aliphatic rings. The number of carbonyl (C=O) groups is 5. The van der Waals surface area contributed by atoms with E-state index in [1.807, 2.05) is 0 Å². The van der Waals surface area contributed by atoms with Gasteiger partial charge in [0, 0.05) is 31.6 Å². The molecule has 1 aliphatic heterocycles. The SMILES string of the molecule is CSCC(C=O)NC(=O)CN(CC(N)=O)C(=O)CCC(=O)NCCOCCOC1O[C@@H](C)C(O)C[C@H]1O. The van der Waals surface area contributed by atoms with E-state index >= 15 is 0 Å². The van der Waals surface area contributed by atoms with Gasteiger partial charge in [0.2, 0.25) is 23.6 Å². The van der Waals surface area contributed by atoms with Gasteiger partial charge in [-0.25, -0.2) is 0 Å². The van der Waals surface area contributed by atoms with Gasteiger partial charge in [0.15, 0.2) is 6.29 Å². The number of hydrogen-bond donors (Lipinski definition) is 5. The fraction of sp³-hybridized carbons (Fsp3) is 0.773. The lowest BCUT2D eigenvalue weighted by Gasteiger charge is -2.35. The van der Waals surface area contributed by atoms with Crippen LogP contribution in [0.3, 0.4) is 0 Å². The molecular formula is C22H38N4O10S. The molecule has 0 bridgehead atoms. The monoisotopic (exact) mass is 550 g/mol. The van der Waals surface area contributed by atoms with Gasteiger partial charge in [-0.2, -0.15) is 11.8 Å². The standard InChI is InChI=1S/C22H38N4O10S/c1-14-16(28)9-17(29)22(36-14)35-8-7-34-6-5-24-19(31)3-4-21(33)26(10-18(23)30)11-20(32)25-15(12-27)13-37-2/h12,14-17,22,28-29H,3-11,13H2,1-2H3,(H2,23,30)(H,24,31)(H,25,32)/t14-,15?,16?,17+,22?/m0/s1. The van der Waals surface area contributed by atoms with E-state index in [4.69, 9.17) is 19.9 Å². The Kier molecular flexibility index (Phi) is 16.0. The Morgan fingerprint density at radius 2 is 1.86 bits per heavy atom. The zero-order chi connectivity index (χ0) is 27.8. The molecular weight excluding hydrogens is 512 g/mol. The topological polar surface area (TPSA) is 207 Å². The summed E-state index contributed by atoms with van der Waals surface area (Å²) in [6.07, 6.45) is -0.895. The molecule has 0 aliphatic carbocycles. The Bertz CT molecular complexity index is 759. The Balaban J connectivity index is 2.26. The van der Waals surface area contributed by atoms with Crippen LogP contribution in [0.5, 0.6) is 0 Å². The number of aliphatic hydroxyl groups excluding tert-OH is 2. The van der Waals surface area contributed by atoms with Crippen molar-refractivity contribution in [3.05, 3.63) is 0 Å². The molecule has 6 N–H and O–H groups in total. The first-order valence-electron chi connectivity index (χ1n) is 11.8. The Morgan fingerprint density at radius 1 is 1.14 bits per heavy atom. The molecule has 1 heterocycles. The number of rotatable bonds is 18. The number of aliphatic hydroxyl groups is 2. The number of nitrogens with zero attached hydrogens (tertiary/aromatic N) is 1. The van der Waals surface area contributed by atoms with E-state index in [1.165, 1.54) is 11.8 Å². The van der Waals surface area contributed by atoms with Crippen LogP contribution in [-0.2, 0) is 38.2 Å². The molecule has 15 heteroatoms. The van der Waals surface area contributed by atoms with Crippen molar-refractivity contribution in [2.45, 2.75) is 56.8 Å². The van der Waals surface area contributed by atoms with Gasteiger partial charge in [0.05, 0.1) is 44.6 Å². The van der Waals surface area contributed by atoms with Gasteiger partial charge >= 0.3 is 0 Å². The summed E-state index contributed by atoms with van der Waals surface area (Å²) < 4.78 is 16.1. The molecule has 37 heavy (non-hydrogen) atoms. The van der Waals surface area contributed by atoms with Gasteiger partial charge in [-0.3, -0.25) is 19.2 Å². The van der Waals surface area contributed by atoms with E-state index in [2.05, 4.69) is 10.6 Å². The van der Waals surface area contributed by atoms with Crippen LogP contribution < -0.4 is 16.4 Å². The summed E-state index contributed by atoms with van der Waals surface area (Å²) in [5.41, 5.74) is 5.16. The Morgan fingerprint density at radius 3 is 2.51 bits per heavy atom. The summed E-state index contributed by atoms with van der Waals surface area (Å²) in [6, 6.07) is -0.725. The maximum Gasteiger partial charge on any atom is 0.240 e. The predicted octanol–water partition coefficient (Wildman–Crippen LogP) is -2.87. The smallest absolute Gasteiger partial charge is 0.240 e. The zero-order valence-corrected chi connectivity index (χ0v) is 21.9. The third-order valence-electron chi connectivity index (χ3n) is 5.22. The Hall–Kier alpha value is -2.30. The van der Waals surface area contributed by atoms with E-state index in [-0.39, 0.29) is 45.6 Å². The van der Waals surface area contributed by atoms with Crippen LogP contribution in [0.2, 0.25) is 0 Å². The molecule has 0 radical (unpaired) electrons. The number of primary amides is 1. The van der Waals surface area contributed by atoms with Gasteiger partial charge in [-0.05, 0) is 13.2 Å². The maximum absolute atomic E-state index is 12.4. The van der Waals surface area contributed by atoms with Crippen molar-refractivity contribution in [3.8, 4) is 0 Å². The third-order valence-corrected chi connectivity index (χ3v) is 5.92. The van der Waals surface area contributed by atoms with E-state index in [0.29, 0.717) is 12.0 Å². The largest absolute Gasteiger partial charge is 0.390 e. The molecule has 14 nitrogen and oxygen atoms in total. The van der Waals surface area contributed by atoms with Crippen molar-refractivity contribution in [3.63, 3.8) is 0 Å². The van der Waals surface area contributed by atoms with Crippen LogP contribution in [0.25, 0.3) is 0 Å². The summed E-state index contributed by atoms with van der Waals surface area (Å²) in [5.74, 6) is -2.12. The second kappa shape index (κ2) is 18.0. The zero-order valence-electron chi connectivity index (χ0n) is 21.1. The highest BCUT2D eigenvalue weighted by Gasteiger charge is 2.34. The second-order valence-corrected chi connectivity index (χ2v) is 9.31. The fourth-order valence-corrected chi connectivity index (χ4v) is 3.81.